The summed E-state index contributed by atoms with van der Waals surface area (Å²) in [5.74, 6) is -0.232. The molecule has 1 fully saturated rings. The van der Waals surface area contributed by atoms with Gasteiger partial charge < -0.3 is 10.6 Å². The summed E-state index contributed by atoms with van der Waals surface area (Å²) in [5.41, 5.74) is 2.93. The maximum Gasteiger partial charge on any atom is 0.319 e. The van der Waals surface area contributed by atoms with E-state index in [0.717, 1.165) is 29.7 Å². The van der Waals surface area contributed by atoms with E-state index in [2.05, 4.69) is 31.4 Å². The predicted octanol–water partition coefficient (Wildman–Crippen LogP) is 4.98. The number of carbonyl (C=O) groups is 1. The summed E-state index contributed by atoms with van der Waals surface area (Å²) in [5, 5.41) is 5.95. The van der Waals surface area contributed by atoms with E-state index in [1.165, 1.54) is 12.1 Å². The molecular weight excluding hydrogens is 315 g/mol. The Kier molecular flexibility index (Phi) is 4.55. The van der Waals surface area contributed by atoms with Crippen LogP contribution in [-0.2, 0) is 10.8 Å². The molecule has 3 rings (SSSR count). The Morgan fingerprint density at radius 1 is 1.08 bits per heavy atom. The van der Waals surface area contributed by atoms with Gasteiger partial charge in [0, 0.05) is 17.6 Å². The number of carbonyl (C=O) groups excluding carboxylic acids is 1. The molecule has 3 nitrogen and oxygen atoms in total. The fourth-order valence-electron chi connectivity index (χ4n) is 3.18. The Morgan fingerprint density at radius 2 is 1.72 bits per heavy atom. The zero-order valence-electron chi connectivity index (χ0n) is 15.0. The van der Waals surface area contributed by atoms with Gasteiger partial charge in [-0.1, -0.05) is 51.1 Å². The van der Waals surface area contributed by atoms with Crippen molar-refractivity contribution in [3.63, 3.8) is 0 Å². The van der Waals surface area contributed by atoms with Crippen LogP contribution in [0.25, 0.3) is 0 Å². The maximum absolute atomic E-state index is 13.1. The molecule has 0 bridgehead atoms. The lowest BCUT2D eigenvalue weighted by molar-refractivity contribution is 0.251. The number of rotatable bonds is 4. The van der Waals surface area contributed by atoms with Gasteiger partial charge in [0.2, 0.25) is 0 Å². The predicted molar refractivity (Wildman–Crippen MR) is 99.5 cm³/mol. The summed E-state index contributed by atoms with van der Waals surface area (Å²) in [6.07, 6.45) is 2.02. The molecule has 1 aliphatic rings. The summed E-state index contributed by atoms with van der Waals surface area (Å²) >= 11 is 0. The molecule has 132 valence electrons. The largest absolute Gasteiger partial charge is 0.337 e. The summed E-state index contributed by atoms with van der Waals surface area (Å²) < 4.78 is 13.1. The van der Waals surface area contributed by atoms with Gasteiger partial charge in [0.05, 0.1) is 0 Å². The quantitative estimate of drug-likeness (QED) is 0.810. The number of para-hydroxylation sites is 1. The van der Waals surface area contributed by atoms with E-state index in [1.54, 1.807) is 0 Å². The van der Waals surface area contributed by atoms with Gasteiger partial charge in [-0.2, -0.15) is 0 Å². The molecule has 2 amide bonds. The van der Waals surface area contributed by atoms with Crippen LogP contribution in [0.15, 0.2) is 48.5 Å². The molecule has 0 radical (unpaired) electrons. The Bertz CT molecular complexity index is 758. The van der Waals surface area contributed by atoms with Crippen molar-refractivity contribution in [3.05, 3.63) is 65.5 Å². The first-order valence-corrected chi connectivity index (χ1v) is 8.71. The third-order valence-corrected chi connectivity index (χ3v) is 4.88. The summed E-state index contributed by atoms with van der Waals surface area (Å²) in [4.78, 5) is 12.4. The number of hydrogen-bond acceptors (Lipinski definition) is 1. The van der Waals surface area contributed by atoms with E-state index in [-0.39, 0.29) is 22.7 Å². The van der Waals surface area contributed by atoms with Gasteiger partial charge in [-0.15, -0.1) is 0 Å². The molecule has 4 heteroatoms. The third kappa shape index (κ3) is 4.01. The molecule has 0 atom stereocenters. The van der Waals surface area contributed by atoms with Crippen molar-refractivity contribution in [2.75, 3.05) is 11.9 Å². The summed E-state index contributed by atoms with van der Waals surface area (Å²) in [6, 6.07) is 14.3. The number of benzene rings is 2. The lowest BCUT2D eigenvalue weighted by Crippen LogP contribution is -2.36. The minimum absolute atomic E-state index is 0.0459. The fourth-order valence-corrected chi connectivity index (χ4v) is 3.18. The first-order valence-electron chi connectivity index (χ1n) is 8.71. The smallest absolute Gasteiger partial charge is 0.319 e. The highest BCUT2D eigenvalue weighted by molar-refractivity contribution is 5.90. The topological polar surface area (TPSA) is 41.1 Å². The minimum atomic E-state index is -0.232. The maximum atomic E-state index is 13.1. The number of urea groups is 1. The minimum Gasteiger partial charge on any atom is -0.337 e. The number of hydrogen-bond donors (Lipinski definition) is 2. The van der Waals surface area contributed by atoms with Crippen LogP contribution < -0.4 is 10.6 Å². The Morgan fingerprint density at radius 3 is 2.32 bits per heavy atom. The number of halogens is 1. The van der Waals surface area contributed by atoms with E-state index in [0.29, 0.717) is 6.54 Å². The molecule has 0 unspecified atom stereocenters. The van der Waals surface area contributed by atoms with E-state index < -0.39 is 0 Å². The number of nitrogens with one attached hydrogen (secondary N) is 2. The Balaban J connectivity index is 1.64. The molecule has 1 saturated carbocycles. The van der Waals surface area contributed by atoms with Crippen LogP contribution in [0.3, 0.4) is 0 Å². The first-order chi connectivity index (χ1) is 11.8. The first kappa shape index (κ1) is 17.5. The summed E-state index contributed by atoms with van der Waals surface area (Å²) in [6.45, 7) is 6.93. The van der Waals surface area contributed by atoms with E-state index in [1.807, 2.05) is 36.4 Å². The van der Waals surface area contributed by atoms with Crippen LogP contribution >= 0.6 is 0 Å². The molecule has 2 aromatic carbocycles. The summed E-state index contributed by atoms with van der Waals surface area (Å²) in [7, 11) is 0. The fraction of sp³-hybridized carbons (Fsp3) is 0.381. The highest BCUT2D eigenvalue weighted by Gasteiger charge is 2.44. The number of anilines is 1. The molecule has 0 heterocycles. The van der Waals surface area contributed by atoms with Gasteiger partial charge in [0.1, 0.15) is 5.82 Å². The third-order valence-electron chi connectivity index (χ3n) is 4.88. The van der Waals surface area contributed by atoms with Crippen molar-refractivity contribution in [2.45, 2.75) is 44.4 Å². The average molecular weight is 340 g/mol. The van der Waals surface area contributed by atoms with E-state index in [9.17, 15) is 9.18 Å². The van der Waals surface area contributed by atoms with E-state index >= 15 is 0 Å². The van der Waals surface area contributed by atoms with Crippen LogP contribution in [0.1, 0.15) is 44.7 Å². The van der Waals surface area contributed by atoms with E-state index in [4.69, 9.17) is 0 Å². The zero-order valence-corrected chi connectivity index (χ0v) is 15.0. The molecule has 0 spiro atoms. The van der Waals surface area contributed by atoms with Gasteiger partial charge in [0.15, 0.2) is 0 Å². The molecule has 0 aliphatic heterocycles. The lowest BCUT2D eigenvalue weighted by Gasteiger charge is -2.23. The van der Waals surface area contributed by atoms with Crippen LogP contribution in [0.5, 0.6) is 0 Å². The zero-order chi connectivity index (χ0) is 18.1. The van der Waals surface area contributed by atoms with Crippen molar-refractivity contribution in [3.8, 4) is 0 Å². The van der Waals surface area contributed by atoms with Crippen LogP contribution in [0, 0.1) is 5.82 Å². The van der Waals surface area contributed by atoms with Crippen molar-refractivity contribution >= 4 is 11.7 Å². The molecule has 2 N–H and O–H groups in total. The second-order valence-electron chi connectivity index (χ2n) is 7.89. The average Bonchev–Trinajstić information content (AvgIpc) is 3.34. The van der Waals surface area contributed by atoms with Gasteiger partial charge in [0.25, 0.3) is 0 Å². The van der Waals surface area contributed by atoms with Crippen LogP contribution in [-0.4, -0.2) is 12.6 Å². The molecular formula is C21H25FN2O. The van der Waals surface area contributed by atoms with Crippen LogP contribution in [0.4, 0.5) is 14.9 Å². The molecule has 2 aromatic rings. The van der Waals surface area contributed by atoms with Crippen molar-refractivity contribution in [1.82, 2.24) is 5.32 Å². The standard InChI is InChI=1S/C21H25FN2O/c1-20(2,3)17-6-4-5-7-18(17)24-19(25)23-14-21(12-13-21)15-8-10-16(22)11-9-15/h4-11H,12-14H2,1-3H3,(H2,23,24,25). The van der Waals surface area contributed by atoms with Crippen molar-refractivity contribution in [1.29, 1.82) is 0 Å². The van der Waals surface area contributed by atoms with Crippen molar-refractivity contribution < 1.29 is 9.18 Å². The van der Waals surface area contributed by atoms with Crippen molar-refractivity contribution in [2.24, 2.45) is 0 Å². The Labute approximate surface area is 148 Å². The molecule has 1 aliphatic carbocycles. The van der Waals surface area contributed by atoms with Gasteiger partial charge in [-0.3, -0.25) is 0 Å². The highest BCUT2D eigenvalue weighted by atomic mass is 19.1. The molecule has 0 saturated heterocycles. The highest BCUT2D eigenvalue weighted by Crippen LogP contribution is 2.47. The van der Waals surface area contributed by atoms with Gasteiger partial charge >= 0.3 is 6.03 Å². The molecule has 25 heavy (non-hydrogen) atoms. The SMILES string of the molecule is CC(C)(C)c1ccccc1NC(=O)NCC1(c2ccc(F)cc2)CC1. The van der Waals surface area contributed by atoms with Gasteiger partial charge in [-0.25, -0.2) is 9.18 Å². The number of amides is 2. The normalized spacial score (nSPS) is 15.5. The van der Waals surface area contributed by atoms with Gasteiger partial charge in [-0.05, 0) is 47.6 Å². The monoisotopic (exact) mass is 340 g/mol. The lowest BCUT2D eigenvalue weighted by atomic mass is 9.86. The Hall–Kier alpha value is -2.36. The second-order valence-corrected chi connectivity index (χ2v) is 7.89. The second kappa shape index (κ2) is 6.51. The van der Waals surface area contributed by atoms with Crippen LogP contribution in [0.2, 0.25) is 0 Å². The molecule has 0 aromatic heterocycles.